The number of carbonyl (C=O) groups excluding carboxylic acids is 1. The van der Waals surface area contributed by atoms with Gasteiger partial charge < -0.3 is 10.6 Å². The van der Waals surface area contributed by atoms with Crippen LogP contribution in [0.4, 0.5) is 19.3 Å². The number of nitrogens with one attached hydrogen (secondary N) is 2. The van der Waals surface area contributed by atoms with Crippen molar-refractivity contribution >= 4 is 11.7 Å². The summed E-state index contributed by atoms with van der Waals surface area (Å²) in [5, 5.41) is 5.22. The first-order valence-electron chi connectivity index (χ1n) is 7.21. The Morgan fingerprint density at radius 2 is 1.82 bits per heavy atom. The summed E-state index contributed by atoms with van der Waals surface area (Å²) >= 11 is 0. The fourth-order valence-electron chi connectivity index (χ4n) is 2.46. The van der Waals surface area contributed by atoms with E-state index in [-0.39, 0.29) is 11.7 Å². The molecule has 3 nitrogen and oxygen atoms in total. The van der Waals surface area contributed by atoms with Crippen molar-refractivity contribution in [3.05, 3.63) is 65.7 Å². The molecule has 1 aliphatic rings. The second-order valence-corrected chi connectivity index (χ2v) is 5.45. The van der Waals surface area contributed by atoms with E-state index in [4.69, 9.17) is 0 Å². The quantitative estimate of drug-likeness (QED) is 0.871. The molecular formula is C17H16F2N2O. The lowest BCUT2D eigenvalue weighted by Gasteiger charge is -2.19. The largest absolute Gasteiger partial charge is 0.331 e. The molecule has 22 heavy (non-hydrogen) atoms. The zero-order chi connectivity index (χ0) is 15.5. The summed E-state index contributed by atoms with van der Waals surface area (Å²) in [6.07, 6.45) is 2.10. The topological polar surface area (TPSA) is 41.1 Å². The average molecular weight is 302 g/mol. The molecule has 1 atom stereocenters. The monoisotopic (exact) mass is 302 g/mol. The minimum Gasteiger partial charge on any atom is -0.331 e. The van der Waals surface area contributed by atoms with E-state index < -0.39 is 17.7 Å². The molecule has 2 amide bonds. The summed E-state index contributed by atoms with van der Waals surface area (Å²) in [6, 6.07) is 11.9. The molecule has 0 spiro atoms. The lowest BCUT2D eigenvalue weighted by atomic mass is 10.0. The highest BCUT2D eigenvalue weighted by atomic mass is 19.1. The van der Waals surface area contributed by atoms with Gasteiger partial charge in [-0.1, -0.05) is 30.3 Å². The molecular weight excluding hydrogens is 286 g/mol. The Hall–Kier alpha value is -2.43. The summed E-state index contributed by atoms with van der Waals surface area (Å²) < 4.78 is 26.7. The summed E-state index contributed by atoms with van der Waals surface area (Å²) in [6.45, 7) is 0. The highest BCUT2D eigenvalue weighted by Crippen LogP contribution is 2.40. The smallest absolute Gasteiger partial charge is 0.319 e. The van der Waals surface area contributed by atoms with Gasteiger partial charge in [-0.05, 0) is 36.5 Å². The van der Waals surface area contributed by atoms with Crippen LogP contribution in [0.25, 0.3) is 0 Å². The molecule has 2 N–H and O–H groups in total. The van der Waals surface area contributed by atoms with Crippen molar-refractivity contribution in [2.24, 2.45) is 5.92 Å². The molecule has 114 valence electrons. The molecule has 1 unspecified atom stereocenters. The second-order valence-electron chi connectivity index (χ2n) is 5.45. The van der Waals surface area contributed by atoms with E-state index in [0.29, 0.717) is 5.92 Å². The highest BCUT2D eigenvalue weighted by Gasteiger charge is 2.33. The minimum atomic E-state index is -0.667. The zero-order valence-electron chi connectivity index (χ0n) is 11.9. The number of hydrogen-bond donors (Lipinski definition) is 2. The van der Waals surface area contributed by atoms with Gasteiger partial charge in [0.2, 0.25) is 0 Å². The number of anilines is 1. The number of benzene rings is 2. The molecule has 0 aromatic heterocycles. The van der Waals surface area contributed by atoms with E-state index in [1.165, 1.54) is 0 Å². The van der Waals surface area contributed by atoms with E-state index in [1.54, 1.807) is 0 Å². The third-order valence-corrected chi connectivity index (χ3v) is 3.72. The zero-order valence-corrected chi connectivity index (χ0v) is 11.9. The number of halogens is 2. The first kappa shape index (κ1) is 14.5. The van der Waals surface area contributed by atoms with Crippen LogP contribution < -0.4 is 10.6 Å². The van der Waals surface area contributed by atoms with Crippen LogP contribution in [-0.4, -0.2) is 6.03 Å². The van der Waals surface area contributed by atoms with Gasteiger partial charge in [0.15, 0.2) is 0 Å². The predicted octanol–water partition coefficient (Wildman–Crippen LogP) is 4.24. The van der Waals surface area contributed by atoms with Crippen molar-refractivity contribution in [1.29, 1.82) is 0 Å². The van der Waals surface area contributed by atoms with Gasteiger partial charge >= 0.3 is 6.03 Å². The van der Waals surface area contributed by atoms with E-state index >= 15 is 0 Å². The van der Waals surface area contributed by atoms with E-state index in [0.717, 1.165) is 36.6 Å². The Labute approximate surface area is 127 Å². The van der Waals surface area contributed by atoms with Gasteiger partial charge in [0.05, 0.1) is 11.7 Å². The van der Waals surface area contributed by atoms with Crippen molar-refractivity contribution in [2.75, 3.05) is 5.32 Å². The van der Waals surface area contributed by atoms with Crippen LogP contribution in [-0.2, 0) is 0 Å². The van der Waals surface area contributed by atoms with Crippen molar-refractivity contribution < 1.29 is 13.6 Å². The molecule has 0 heterocycles. The second kappa shape index (κ2) is 6.13. The molecule has 2 aromatic rings. The fourth-order valence-corrected chi connectivity index (χ4v) is 2.46. The Balaban J connectivity index is 1.71. The number of rotatable bonds is 4. The van der Waals surface area contributed by atoms with Gasteiger partial charge in [-0.25, -0.2) is 13.6 Å². The Bertz CT molecular complexity index is 672. The number of urea groups is 1. The van der Waals surface area contributed by atoms with Crippen LogP contribution in [0.1, 0.15) is 24.4 Å². The Morgan fingerprint density at radius 1 is 1.09 bits per heavy atom. The number of amides is 2. The SMILES string of the molecule is O=C(Nc1cc(F)ccc1F)NC(c1ccccc1)C1CC1. The van der Waals surface area contributed by atoms with E-state index in [1.807, 2.05) is 30.3 Å². The van der Waals surface area contributed by atoms with Crippen LogP contribution in [0.3, 0.4) is 0 Å². The lowest BCUT2D eigenvalue weighted by molar-refractivity contribution is 0.247. The summed E-state index contributed by atoms with van der Waals surface area (Å²) in [4.78, 5) is 12.1. The van der Waals surface area contributed by atoms with Crippen LogP contribution in [0.5, 0.6) is 0 Å². The van der Waals surface area contributed by atoms with Gasteiger partial charge in [0, 0.05) is 6.07 Å². The van der Waals surface area contributed by atoms with Crippen molar-refractivity contribution in [3.8, 4) is 0 Å². The molecule has 2 aromatic carbocycles. The van der Waals surface area contributed by atoms with Gasteiger partial charge in [-0.15, -0.1) is 0 Å². The molecule has 0 radical (unpaired) electrons. The number of hydrogen-bond acceptors (Lipinski definition) is 1. The van der Waals surface area contributed by atoms with Crippen LogP contribution in [0.15, 0.2) is 48.5 Å². The van der Waals surface area contributed by atoms with Gasteiger partial charge in [-0.2, -0.15) is 0 Å². The van der Waals surface area contributed by atoms with Crippen molar-refractivity contribution in [3.63, 3.8) is 0 Å². The first-order chi connectivity index (χ1) is 10.6. The third-order valence-electron chi connectivity index (χ3n) is 3.72. The third kappa shape index (κ3) is 3.42. The number of carbonyl (C=O) groups is 1. The molecule has 1 fully saturated rings. The van der Waals surface area contributed by atoms with Crippen LogP contribution >= 0.6 is 0 Å². The predicted molar refractivity (Wildman–Crippen MR) is 80.4 cm³/mol. The summed E-state index contributed by atoms with van der Waals surface area (Å²) in [5.41, 5.74) is 0.847. The molecule has 0 bridgehead atoms. The molecule has 1 aliphatic carbocycles. The Morgan fingerprint density at radius 3 is 2.50 bits per heavy atom. The van der Waals surface area contributed by atoms with E-state index in [2.05, 4.69) is 10.6 Å². The van der Waals surface area contributed by atoms with Crippen molar-refractivity contribution in [2.45, 2.75) is 18.9 Å². The highest BCUT2D eigenvalue weighted by molar-refractivity contribution is 5.89. The molecule has 3 rings (SSSR count). The normalized spacial score (nSPS) is 15.2. The Kier molecular flexibility index (Phi) is 4.04. The molecule has 5 heteroatoms. The first-order valence-corrected chi connectivity index (χ1v) is 7.21. The maximum absolute atomic E-state index is 13.6. The molecule has 0 saturated heterocycles. The van der Waals surface area contributed by atoms with Gasteiger partial charge in [0.25, 0.3) is 0 Å². The van der Waals surface area contributed by atoms with Gasteiger partial charge in [0.1, 0.15) is 11.6 Å². The maximum atomic E-state index is 13.6. The fraction of sp³-hybridized carbons (Fsp3) is 0.235. The minimum absolute atomic E-state index is 0.113. The standard InChI is InChI=1S/C17H16F2N2O/c18-13-8-9-14(19)15(10-13)20-17(22)21-16(12-6-7-12)11-4-2-1-3-5-11/h1-5,8-10,12,16H,6-7H2,(H2,20,21,22). The summed E-state index contributed by atoms with van der Waals surface area (Å²) in [7, 11) is 0. The van der Waals surface area contributed by atoms with E-state index in [9.17, 15) is 13.6 Å². The molecule has 0 aliphatic heterocycles. The van der Waals surface area contributed by atoms with Crippen LogP contribution in [0.2, 0.25) is 0 Å². The maximum Gasteiger partial charge on any atom is 0.319 e. The average Bonchev–Trinajstić information content (AvgIpc) is 3.34. The summed E-state index contributed by atoms with van der Waals surface area (Å²) in [5.74, 6) is -0.872. The van der Waals surface area contributed by atoms with Gasteiger partial charge in [-0.3, -0.25) is 0 Å². The molecule has 1 saturated carbocycles. The van der Waals surface area contributed by atoms with Crippen LogP contribution in [0, 0.1) is 17.6 Å². The lowest BCUT2D eigenvalue weighted by Crippen LogP contribution is -2.34. The van der Waals surface area contributed by atoms with Crippen molar-refractivity contribution in [1.82, 2.24) is 5.32 Å².